The third kappa shape index (κ3) is 3.29. The molecule has 0 saturated heterocycles. The van der Waals surface area contributed by atoms with Crippen LogP contribution in [0.15, 0.2) is 18.2 Å². The van der Waals surface area contributed by atoms with Crippen molar-refractivity contribution in [2.75, 3.05) is 20.6 Å². The molecular formula is C11H16ClNO. The molecule has 0 aliphatic heterocycles. The van der Waals surface area contributed by atoms with Crippen LogP contribution < -0.4 is 0 Å². The highest BCUT2D eigenvalue weighted by molar-refractivity contribution is 6.31. The predicted molar refractivity (Wildman–Crippen MR) is 59.6 cm³/mol. The van der Waals surface area contributed by atoms with Crippen molar-refractivity contribution in [1.29, 1.82) is 0 Å². The molecule has 78 valence electrons. The Balaban J connectivity index is 2.73. The Hall–Kier alpha value is -0.570. The number of hydrogen-bond acceptors (Lipinski definition) is 2. The molecule has 0 atom stereocenters. The molecule has 0 fully saturated rings. The van der Waals surface area contributed by atoms with Crippen LogP contribution in [0.3, 0.4) is 0 Å². The van der Waals surface area contributed by atoms with E-state index in [1.54, 1.807) is 0 Å². The lowest BCUT2D eigenvalue weighted by Gasteiger charge is -2.11. The summed E-state index contributed by atoms with van der Waals surface area (Å²) in [6.45, 7) is 1.04. The van der Waals surface area contributed by atoms with Crippen molar-refractivity contribution in [3.05, 3.63) is 34.3 Å². The van der Waals surface area contributed by atoms with Gasteiger partial charge in [0.2, 0.25) is 0 Å². The number of halogens is 1. The number of benzene rings is 1. The molecule has 1 aromatic rings. The first kappa shape index (κ1) is 11.5. The van der Waals surface area contributed by atoms with Crippen molar-refractivity contribution < 1.29 is 5.11 Å². The van der Waals surface area contributed by atoms with Gasteiger partial charge in [0.15, 0.2) is 0 Å². The molecule has 3 heteroatoms. The van der Waals surface area contributed by atoms with Crippen molar-refractivity contribution in [2.45, 2.75) is 13.0 Å². The summed E-state index contributed by atoms with van der Waals surface area (Å²) in [5, 5.41) is 9.76. The number of hydrogen-bond donors (Lipinski definition) is 1. The van der Waals surface area contributed by atoms with E-state index in [9.17, 15) is 0 Å². The normalized spacial score (nSPS) is 10.9. The van der Waals surface area contributed by atoms with Gasteiger partial charge in [0, 0.05) is 11.6 Å². The minimum Gasteiger partial charge on any atom is -0.392 e. The summed E-state index contributed by atoms with van der Waals surface area (Å²) in [5.41, 5.74) is 2.02. The van der Waals surface area contributed by atoms with E-state index in [1.807, 2.05) is 32.3 Å². The summed E-state index contributed by atoms with van der Waals surface area (Å²) in [4.78, 5) is 2.11. The molecule has 0 saturated carbocycles. The number of likely N-dealkylation sites (N-methyl/N-ethyl adjacent to an activating group) is 1. The zero-order valence-electron chi connectivity index (χ0n) is 8.63. The molecule has 0 bridgehead atoms. The second-order valence-corrected chi connectivity index (χ2v) is 4.04. The molecule has 0 aliphatic carbocycles. The van der Waals surface area contributed by atoms with Gasteiger partial charge in [0.25, 0.3) is 0 Å². The summed E-state index contributed by atoms with van der Waals surface area (Å²) in [6, 6.07) is 5.66. The lowest BCUT2D eigenvalue weighted by molar-refractivity contribution is 0.281. The molecule has 0 amide bonds. The Bertz CT molecular complexity index is 299. The Kier molecular flexibility index (Phi) is 4.39. The molecule has 0 heterocycles. The van der Waals surface area contributed by atoms with Crippen LogP contribution in [0.5, 0.6) is 0 Å². The topological polar surface area (TPSA) is 23.5 Å². The molecule has 2 nitrogen and oxygen atoms in total. The van der Waals surface area contributed by atoms with Crippen LogP contribution in [0, 0.1) is 0 Å². The van der Waals surface area contributed by atoms with E-state index in [0.717, 1.165) is 29.1 Å². The van der Waals surface area contributed by atoms with Crippen molar-refractivity contribution in [3.8, 4) is 0 Å². The average Bonchev–Trinajstić information content (AvgIpc) is 2.16. The van der Waals surface area contributed by atoms with Gasteiger partial charge in [0.05, 0.1) is 6.61 Å². The first-order chi connectivity index (χ1) is 6.63. The largest absolute Gasteiger partial charge is 0.392 e. The lowest BCUT2D eigenvalue weighted by atomic mass is 10.1. The van der Waals surface area contributed by atoms with E-state index in [2.05, 4.69) is 4.90 Å². The number of aliphatic hydroxyl groups excluding tert-OH is 1. The van der Waals surface area contributed by atoms with E-state index < -0.39 is 0 Å². The number of aliphatic hydroxyl groups is 1. The standard InChI is InChI=1S/C11H16ClNO/c1-13(2)6-5-10-7-9(8-14)3-4-11(10)12/h3-4,7,14H,5-6,8H2,1-2H3. The highest BCUT2D eigenvalue weighted by Crippen LogP contribution is 2.18. The third-order valence-electron chi connectivity index (χ3n) is 2.12. The summed E-state index contributed by atoms with van der Waals surface area (Å²) in [7, 11) is 4.06. The van der Waals surface area contributed by atoms with Crippen molar-refractivity contribution in [3.63, 3.8) is 0 Å². The molecule has 0 aromatic heterocycles. The molecule has 14 heavy (non-hydrogen) atoms. The van der Waals surface area contributed by atoms with E-state index in [0.29, 0.717) is 0 Å². The van der Waals surface area contributed by atoms with Crippen LogP contribution in [0.2, 0.25) is 5.02 Å². The maximum Gasteiger partial charge on any atom is 0.0681 e. The summed E-state index contributed by atoms with van der Waals surface area (Å²) in [5.74, 6) is 0. The van der Waals surface area contributed by atoms with Crippen LogP contribution in [0.25, 0.3) is 0 Å². The Morgan fingerprint density at radius 2 is 2.07 bits per heavy atom. The van der Waals surface area contributed by atoms with Crippen molar-refractivity contribution in [1.82, 2.24) is 4.90 Å². The number of rotatable bonds is 4. The van der Waals surface area contributed by atoms with E-state index in [4.69, 9.17) is 16.7 Å². The molecular weight excluding hydrogens is 198 g/mol. The fourth-order valence-electron chi connectivity index (χ4n) is 1.26. The maximum absolute atomic E-state index is 8.98. The smallest absolute Gasteiger partial charge is 0.0681 e. The molecule has 1 aromatic carbocycles. The SMILES string of the molecule is CN(C)CCc1cc(CO)ccc1Cl. The van der Waals surface area contributed by atoms with Gasteiger partial charge in [-0.1, -0.05) is 23.7 Å². The first-order valence-corrected chi connectivity index (χ1v) is 5.04. The van der Waals surface area contributed by atoms with E-state index >= 15 is 0 Å². The lowest BCUT2D eigenvalue weighted by Crippen LogP contribution is -2.15. The van der Waals surface area contributed by atoms with Gasteiger partial charge < -0.3 is 10.0 Å². The van der Waals surface area contributed by atoms with Crippen LogP contribution in [-0.2, 0) is 13.0 Å². The highest BCUT2D eigenvalue weighted by Gasteiger charge is 2.02. The second-order valence-electron chi connectivity index (χ2n) is 3.64. The quantitative estimate of drug-likeness (QED) is 0.827. The second kappa shape index (κ2) is 5.35. The Morgan fingerprint density at radius 3 is 2.64 bits per heavy atom. The highest BCUT2D eigenvalue weighted by atomic mass is 35.5. The maximum atomic E-state index is 8.98. The summed E-state index contributed by atoms with van der Waals surface area (Å²) < 4.78 is 0. The monoisotopic (exact) mass is 213 g/mol. The minimum absolute atomic E-state index is 0.0755. The van der Waals surface area contributed by atoms with Gasteiger partial charge in [-0.05, 0) is 37.7 Å². The molecule has 0 radical (unpaired) electrons. The van der Waals surface area contributed by atoms with Crippen LogP contribution in [-0.4, -0.2) is 30.6 Å². The fourth-order valence-corrected chi connectivity index (χ4v) is 1.47. The zero-order chi connectivity index (χ0) is 10.6. The molecule has 0 spiro atoms. The Labute approximate surface area is 90.1 Å². The van der Waals surface area contributed by atoms with Gasteiger partial charge in [-0.15, -0.1) is 0 Å². The van der Waals surface area contributed by atoms with Crippen LogP contribution in [0.1, 0.15) is 11.1 Å². The van der Waals surface area contributed by atoms with Crippen molar-refractivity contribution >= 4 is 11.6 Å². The summed E-state index contributed by atoms with van der Waals surface area (Å²) >= 11 is 6.04. The third-order valence-corrected chi connectivity index (χ3v) is 2.49. The predicted octanol–water partition coefficient (Wildman–Crippen LogP) is 1.94. The molecule has 1 N–H and O–H groups in total. The van der Waals surface area contributed by atoms with Gasteiger partial charge in [-0.3, -0.25) is 0 Å². The first-order valence-electron chi connectivity index (χ1n) is 4.66. The zero-order valence-corrected chi connectivity index (χ0v) is 9.38. The fraction of sp³-hybridized carbons (Fsp3) is 0.455. The van der Waals surface area contributed by atoms with Gasteiger partial charge in [-0.25, -0.2) is 0 Å². The average molecular weight is 214 g/mol. The number of nitrogens with zero attached hydrogens (tertiary/aromatic N) is 1. The van der Waals surface area contributed by atoms with Gasteiger partial charge in [-0.2, -0.15) is 0 Å². The van der Waals surface area contributed by atoms with Crippen molar-refractivity contribution in [2.24, 2.45) is 0 Å². The van der Waals surface area contributed by atoms with Crippen LogP contribution >= 0.6 is 11.6 Å². The molecule has 0 unspecified atom stereocenters. The van der Waals surface area contributed by atoms with Gasteiger partial charge in [0.1, 0.15) is 0 Å². The van der Waals surface area contributed by atoms with Gasteiger partial charge >= 0.3 is 0 Å². The summed E-state index contributed by atoms with van der Waals surface area (Å²) in [6.07, 6.45) is 0.916. The van der Waals surface area contributed by atoms with E-state index in [1.165, 1.54) is 0 Å². The minimum atomic E-state index is 0.0755. The Morgan fingerprint density at radius 1 is 1.36 bits per heavy atom. The molecule has 1 rings (SSSR count). The van der Waals surface area contributed by atoms with E-state index in [-0.39, 0.29) is 6.61 Å². The molecule has 0 aliphatic rings. The van der Waals surface area contributed by atoms with Crippen LogP contribution in [0.4, 0.5) is 0 Å².